The van der Waals surface area contributed by atoms with Gasteiger partial charge in [-0.15, -0.1) is 0 Å². The number of hydrogen-bond acceptors (Lipinski definition) is 3. The van der Waals surface area contributed by atoms with E-state index in [1.807, 2.05) is 29.2 Å². The van der Waals surface area contributed by atoms with Gasteiger partial charge in [-0.05, 0) is 30.7 Å². The topological polar surface area (TPSA) is 58.4 Å². The Morgan fingerprint density at radius 1 is 1.24 bits per heavy atom. The molecule has 92 valence electrons. The van der Waals surface area contributed by atoms with Crippen LogP contribution < -0.4 is 11.1 Å². The zero-order valence-corrected chi connectivity index (χ0v) is 9.98. The number of nitrogens with two attached hydrogens (primary N) is 1. The zero-order chi connectivity index (χ0) is 12.1. The van der Waals surface area contributed by atoms with Gasteiger partial charge >= 0.3 is 0 Å². The molecule has 1 fully saturated rings. The molecule has 4 nitrogen and oxygen atoms in total. The first-order chi connectivity index (χ1) is 8.25. The van der Waals surface area contributed by atoms with Crippen molar-refractivity contribution in [3.63, 3.8) is 0 Å². The quantitative estimate of drug-likeness (QED) is 0.737. The van der Waals surface area contributed by atoms with E-state index in [0.29, 0.717) is 6.42 Å². The molecule has 0 aromatic heterocycles. The highest BCUT2D eigenvalue weighted by molar-refractivity contribution is 5.78. The van der Waals surface area contributed by atoms with Crippen molar-refractivity contribution in [3.05, 3.63) is 29.8 Å². The van der Waals surface area contributed by atoms with Gasteiger partial charge in [-0.3, -0.25) is 4.79 Å². The molecule has 0 bridgehead atoms. The molecule has 3 N–H and O–H groups in total. The third kappa shape index (κ3) is 3.46. The van der Waals surface area contributed by atoms with E-state index in [9.17, 15) is 4.79 Å². The van der Waals surface area contributed by atoms with Crippen LogP contribution in [0.25, 0.3) is 0 Å². The lowest BCUT2D eigenvalue weighted by Gasteiger charge is -2.19. The molecule has 0 atom stereocenters. The van der Waals surface area contributed by atoms with Crippen molar-refractivity contribution in [2.75, 3.05) is 31.9 Å². The van der Waals surface area contributed by atoms with E-state index in [0.717, 1.165) is 43.9 Å². The Morgan fingerprint density at radius 2 is 2.00 bits per heavy atom. The van der Waals surface area contributed by atoms with E-state index in [1.165, 1.54) is 0 Å². The number of anilines is 1. The van der Waals surface area contributed by atoms with Crippen LogP contribution in [0.4, 0.5) is 5.69 Å². The molecule has 1 aliphatic rings. The Kier molecular flexibility index (Phi) is 3.98. The lowest BCUT2D eigenvalue weighted by atomic mass is 10.1. The SMILES string of the molecule is Nc1ccc(CC(=O)N2CCCNCC2)cc1. The van der Waals surface area contributed by atoms with Crippen molar-refractivity contribution in [2.24, 2.45) is 0 Å². The summed E-state index contributed by atoms with van der Waals surface area (Å²) in [7, 11) is 0. The summed E-state index contributed by atoms with van der Waals surface area (Å²) in [5.41, 5.74) is 7.38. The normalized spacial score (nSPS) is 16.6. The van der Waals surface area contributed by atoms with Gasteiger partial charge in [0, 0.05) is 25.3 Å². The number of carbonyl (C=O) groups is 1. The van der Waals surface area contributed by atoms with Crippen molar-refractivity contribution in [3.8, 4) is 0 Å². The predicted octanol–water partition coefficient (Wildman–Crippen LogP) is 0.633. The number of hydrogen-bond donors (Lipinski definition) is 2. The highest BCUT2D eigenvalue weighted by Gasteiger charge is 2.15. The summed E-state index contributed by atoms with van der Waals surface area (Å²) >= 11 is 0. The number of nitrogen functional groups attached to an aromatic ring is 1. The third-order valence-corrected chi connectivity index (χ3v) is 3.03. The molecule has 0 saturated carbocycles. The molecule has 0 aliphatic carbocycles. The number of benzene rings is 1. The molecule has 0 radical (unpaired) electrons. The van der Waals surface area contributed by atoms with Gasteiger partial charge in [0.25, 0.3) is 0 Å². The Hall–Kier alpha value is -1.55. The fourth-order valence-corrected chi connectivity index (χ4v) is 2.02. The average Bonchev–Trinajstić information content (AvgIpc) is 2.61. The Bertz CT molecular complexity index is 367. The molecule has 1 saturated heterocycles. The van der Waals surface area contributed by atoms with Crippen LogP contribution in [0.15, 0.2) is 24.3 Å². The van der Waals surface area contributed by atoms with Gasteiger partial charge in [0.1, 0.15) is 0 Å². The first kappa shape index (κ1) is 11.9. The van der Waals surface area contributed by atoms with Crippen molar-refractivity contribution in [1.82, 2.24) is 10.2 Å². The Labute approximate surface area is 102 Å². The van der Waals surface area contributed by atoms with E-state index in [1.54, 1.807) is 0 Å². The van der Waals surface area contributed by atoms with Crippen LogP contribution in [0.3, 0.4) is 0 Å². The molecule has 17 heavy (non-hydrogen) atoms. The van der Waals surface area contributed by atoms with Crippen LogP contribution in [0.5, 0.6) is 0 Å². The zero-order valence-electron chi connectivity index (χ0n) is 9.98. The van der Waals surface area contributed by atoms with E-state index in [-0.39, 0.29) is 5.91 Å². The maximum absolute atomic E-state index is 12.1. The third-order valence-electron chi connectivity index (χ3n) is 3.03. The first-order valence-electron chi connectivity index (χ1n) is 6.08. The number of amides is 1. The molecule has 1 heterocycles. The second-order valence-electron chi connectivity index (χ2n) is 4.40. The molecule has 2 rings (SSSR count). The Balaban J connectivity index is 1.93. The fourth-order valence-electron chi connectivity index (χ4n) is 2.02. The summed E-state index contributed by atoms with van der Waals surface area (Å²) in [5, 5.41) is 3.29. The van der Waals surface area contributed by atoms with Gasteiger partial charge in [0.2, 0.25) is 5.91 Å². The second-order valence-corrected chi connectivity index (χ2v) is 4.40. The van der Waals surface area contributed by atoms with Crippen LogP contribution >= 0.6 is 0 Å². The summed E-state index contributed by atoms with van der Waals surface area (Å²) < 4.78 is 0. The van der Waals surface area contributed by atoms with Crippen LogP contribution in [-0.4, -0.2) is 37.0 Å². The molecule has 1 aromatic carbocycles. The molecular formula is C13H19N3O. The van der Waals surface area contributed by atoms with E-state index >= 15 is 0 Å². The van der Waals surface area contributed by atoms with Crippen LogP contribution in [0.1, 0.15) is 12.0 Å². The minimum Gasteiger partial charge on any atom is -0.399 e. The molecule has 4 heteroatoms. The maximum Gasteiger partial charge on any atom is 0.227 e. The Morgan fingerprint density at radius 3 is 2.76 bits per heavy atom. The number of carbonyl (C=O) groups excluding carboxylic acids is 1. The van der Waals surface area contributed by atoms with Gasteiger partial charge in [-0.2, -0.15) is 0 Å². The van der Waals surface area contributed by atoms with Crippen LogP contribution in [0.2, 0.25) is 0 Å². The summed E-state index contributed by atoms with van der Waals surface area (Å²) in [6, 6.07) is 7.52. The highest BCUT2D eigenvalue weighted by Crippen LogP contribution is 2.08. The molecule has 1 aliphatic heterocycles. The lowest BCUT2D eigenvalue weighted by molar-refractivity contribution is -0.130. The smallest absolute Gasteiger partial charge is 0.227 e. The summed E-state index contributed by atoms with van der Waals surface area (Å²) in [5.74, 6) is 0.207. The molecule has 0 unspecified atom stereocenters. The van der Waals surface area contributed by atoms with Gasteiger partial charge in [-0.1, -0.05) is 12.1 Å². The molecule has 1 amide bonds. The molecule has 1 aromatic rings. The van der Waals surface area contributed by atoms with Gasteiger partial charge in [0.05, 0.1) is 6.42 Å². The molecule has 0 spiro atoms. The monoisotopic (exact) mass is 233 g/mol. The van der Waals surface area contributed by atoms with Gasteiger partial charge in [-0.25, -0.2) is 0 Å². The highest BCUT2D eigenvalue weighted by atomic mass is 16.2. The maximum atomic E-state index is 12.1. The van der Waals surface area contributed by atoms with Gasteiger partial charge in [0.15, 0.2) is 0 Å². The largest absolute Gasteiger partial charge is 0.399 e. The fraction of sp³-hybridized carbons (Fsp3) is 0.462. The van der Waals surface area contributed by atoms with Crippen LogP contribution in [-0.2, 0) is 11.2 Å². The first-order valence-corrected chi connectivity index (χ1v) is 6.08. The number of nitrogens with one attached hydrogen (secondary N) is 1. The van der Waals surface area contributed by atoms with E-state index < -0.39 is 0 Å². The lowest BCUT2D eigenvalue weighted by Crippen LogP contribution is -2.35. The minimum absolute atomic E-state index is 0.207. The average molecular weight is 233 g/mol. The summed E-state index contributed by atoms with van der Waals surface area (Å²) in [6.07, 6.45) is 1.51. The summed E-state index contributed by atoms with van der Waals surface area (Å²) in [6.45, 7) is 3.58. The van der Waals surface area contributed by atoms with E-state index in [4.69, 9.17) is 5.73 Å². The van der Waals surface area contributed by atoms with E-state index in [2.05, 4.69) is 5.32 Å². The number of nitrogens with zero attached hydrogens (tertiary/aromatic N) is 1. The standard InChI is InChI=1S/C13H19N3O/c14-12-4-2-11(3-5-12)10-13(17)16-8-1-6-15-7-9-16/h2-5,15H,1,6-10,14H2. The van der Waals surface area contributed by atoms with Crippen molar-refractivity contribution < 1.29 is 4.79 Å². The van der Waals surface area contributed by atoms with Crippen molar-refractivity contribution >= 4 is 11.6 Å². The van der Waals surface area contributed by atoms with Gasteiger partial charge < -0.3 is 16.0 Å². The van der Waals surface area contributed by atoms with Crippen molar-refractivity contribution in [2.45, 2.75) is 12.8 Å². The predicted molar refractivity (Wildman–Crippen MR) is 68.6 cm³/mol. The second kappa shape index (κ2) is 5.68. The van der Waals surface area contributed by atoms with Crippen LogP contribution in [0, 0.1) is 0 Å². The number of rotatable bonds is 2. The van der Waals surface area contributed by atoms with Crippen molar-refractivity contribution in [1.29, 1.82) is 0 Å². The summed E-state index contributed by atoms with van der Waals surface area (Å²) in [4.78, 5) is 14.0. The molecular weight excluding hydrogens is 214 g/mol. The minimum atomic E-state index is 0.207.